The maximum absolute atomic E-state index is 11.7. The molecule has 1 aromatic heterocycles. The number of nitrogens with zero attached hydrogens (tertiary/aromatic N) is 2. The number of aromatic nitrogens is 1. The van der Waals surface area contributed by atoms with Crippen LogP contribution in [-0.4, -0.2) is 19.4 Å². The van der Waals surface area contributed by atoms with Crippen LogP contribution in [-0.2, 0) is 10.9 Å². The van der Waals surface area contributed by atoms with Crippen LogP contribution in [0.5, 0.6) is 0 Å². The second-order valence-electron chi connectivity index (χ2n) is 4.79. The number of nitrogens with one attached hydrogen (secondary N) is 1. The molecule has 0 bridgehead atoms. The van der Waals surface area contributed by atoms with Crippen LogP contribution in [0, 0.1) is 0 Å². The minimum absolute atomic E-state index is 0.306. The van der Waals surface area contributed by atoms with Gasteiger partial charge in [0.1, 0.15) is 0 Å². The molecule has 0 unspecified atom stereocenters. The molecule has 22 heavy (non-hydrogen) atoms. The predicted octanol–water partition coefficient (Wildman–Crippen LogP) is 2.42. The topological polar surface area (TPSA) is 105 Å². The zero-order valence-corrected chi connectivity index (χ0v) is 13.7. The van der Waals surface area contributed by atoms with Crippen molar-refractivity contribution in [3.8, 4) is 0 Å². The highest BCUT2D eigenvalue weighted by atomic mass is 32.2. The molecule has 0 saturated heterocycles. The summed E-state index contributed by atoms with van der Waals surface area (Å²) in [6, 6.07) is 5.64. The van der Waals surface area contributed by atoms with Crippen LogP contribution in [0.4, 0.5) is 21.3 Å². The number of rotatable bonds is 5. The molecule has 0 saturated carbocycles. The maximum Gasteiger partial charge on any atom is 0.325 e. The van der Waals surface area contributed by atoms with Gasteiger partial charge in [0.15, 0.2) is 5.13 Å². The standard InChI is InChI=1S/C13H16N4O3S2/c1-8(2)11-7-15-13(21-11)17(12(14)18)10-5-3-9(4-6-10)16-22(19)20/h3-8,22H,1-2H3,(H2,14,18)(H,16,19,20). The number of anilines is 3. The minimum atomic E-state index is -2.73. The Morgan fingerprint density at radius 3 is 2.41 bits per heavy atom. The van der Waals surface area contributed by atoms with Crippen molar-refractivity contribution < 1.29 is 13.2 Å². The SMILES string of the molecule is CC(C)c1cnc(N(C(N)=O)c2ccc(N[SH](=O)=O)cc2)s1. The lowest BCUT2D eigenvalue weighted by molar-refractivity contribution is 0.256. The number of hydrogen-bond acceptors (Lipinski definition) is 5. The Labute approximate surface area is 133 Å². The monoisotopic (exact) mass is 340 g/mol. The summed E-state index contributed by atoms with van der Waals surface area (Å²) < 4.78 is 23.5. The second-order valence-corrected chi connectivity index (χ2v) is 6.57. The van der Waals surface area contributed by atoms with Crippen LogP contribution in [0.15, 0.2) is 30.5 Å². The number of hydrogen-bond donors (Lipinski definition) is 3. The van der Waals surface area contributed by atoms with Gasteiger partial charge in [-0.1, -0.05) is 13.8 Å². The van der Waals surface area contributed by atoms with Crippen LogP contribution < -0.4 is 15.4 Å². The number of carbonyl (C=O) groups is 1. The summed E-state index contributed by atoms with van der Waals surface area (Å²) in [5.41, 5.74) is 6.37. The average Bonchev–Trinajstić information content (AvgIpc) is 2.89. The van der Waals surface area contributed by atoms with E-state index in [4.69, 9.17) is 5.73 Å². The van der Waals surface area contributed by atoms with Gasteiger partial charge in [0.2, 0.25) is 10.9 Å². The van der Waals surface area contributed by atoms with Crippen molar-refractivity contribution in [3.63, 3.8) is 0 Å². The van der Waals surface area contributed by atoms with Gasteiger partial charge in [0.05, 0.1) is 5.69 Å². The van der Waals surface area contributed by atoms with Crippen LogP contribution in [0.25, 0.3) is 0 Å². The van der Waals surface area contributed by atoms with Crippen LogP contribution in [0.3, 0.4) is 0 Å². The fraction of sp³-hybridized carbons (Fsp3) is 0.231. The number of benzene rings is 1. The molecule has 0 aliphatic carbocycles. The Balaban J connectivity index is 2.33. The average molecular weight is 340 g/mol. The van der Waals surface area contributed by atoms with E-state index in [1.54, 1.807) is 30.5 Å². The smallest absolute Gasteiger partial charge is 0.325 e. The minimum Gasteiger partial charge on any atom is -0.351 e. The largest absolute Gasteiger partial charge is 0.351 e. The van der Waals surface area contributed by atoms with Crippen LogP contribution in [0.1, 0.15) is 24.6 Å². The van der Waals surface area contributed by atoms with E-state index in [9.17, 15) is 13.2 Å². The van der Waals surface area contributed by atoms with Gasteiger partial charge in [-0.25, -0.2) is 23.1 Å². The highest BCUT2D eigenvalue weighted by molar-refractivity contribution is 7.73. The highest BCUT2D eigenvalue weighted by Crippen LogP contribution is 2.32. The Morgan fingerprint density at radius 1 is 1.32 bits per heavy atom. The first-order valence-corrected chi connectivity index (χ1v) is 8.44. The summed E-state index contributed by atoms with van der Waals surface area (Å²) >= 11 is 1.39. The Kier molecular flexibility index (Phi) is 4.99. The molecule has 0 spiro atoms. The first kappa shape index (κ1) is 16.2. The third-order valence-electron chi connectivity index (χ3n) is 2.84. The van der Waals surface area contributed by atoms with Gasteiger partial charge >= 0.3 is 6.03 Å². The van der Waals surface area contributed by atoms with Gasteiger partial charge in [0.25, 0.3) is 0 Å². The van der Waals surface area contributed by atoms with Gasteiger partial charge in [-0.15, -0.1) is 11.3 Å². The fourth-order valence-corrected chi connectivity index (χ4v) is 3.07. The van der Waals surface area contributed by atoms with Crippen molar-refractivity contribution in [2.24, 2.45) is 5.73 Å². The molecular formula is C13H16N4O3S2. The van der Waals surface area contributed by atoms with Gasteiger partial charge in [0, 0.05) is 16.8 Å². The van der Waals surface area contributed by atoms with E-state index in [2.05, 4.69) is 9.71 Å². The summed E-state index contributed by atoms with van der Waals surface area (Å²) in [7, 11) is -2.73. The molecule has 118 valence electrons. The number of nitrogens with two attached hydrogens (primary N) is 1. The van der Waals surface area contributed by atoms with E-state index in [0.29, 0.717) is 22.4 Å². The molecule has 2 rings (SSSR count). The van der Waals surface area contributed by atoms with Crippen molar-refractivity contribution in [1.29, 1.82) is 0 Å². The lowest BCUT2D eigenvalue weighted by atomic mass is 10.2. The predicted molar refractivity (Wildman–Crippen MR) is 88.3 cm³/mol. The quantitative estimate of drug-likeness (QED) is 0.727. The number of primary amides is 1. The highest BCUT2D eigenvalue weighted by Gasteiger charge is 2.19. The zero-order valence-electron chi connectivity index (χ0n) is 12.0. The fourth-order valence-electron chi connectivity index (χ4n) is 1.77. The van der Waals surface area contributed by atoms with Gasteiger partial charge < -0.3 is 5.73 Å². The molecule has 2 aromatic rings. The normalized spacial score (nSPS) is 10.9. The summed E-state index contributed by atoms with van der Waals surface area (Å²) in [6.45, 7) is 4.08. The molecule has 3 N–H and O–H groups in total. The summed E-state index contributed by atoms with van der Waals surface area (Å²) in [5.74, 6) is 0.306. The van der Waals surface area contributed by atoms with Crippen molar-refractivity contribution in [1.82, 2.24) is 4.98 Å². The molecule has 7 nitrogen and oxygen atoms in total. The third-order valence-corrected chi connectivity index (χ3v) is 4.56. The Morgan fingerprint density at radius 2 is 1.95 bits per heavy atom. The van der Waals surface area contributed by atoms with Crippen molar-refractivity contribution in [2.45, 2.75) is 19.8 Å². The number of amides is 2. The molecule has 0 fully saturated rings. The Bertz CT molecular complexity index is 730. The van der Waals surface area contributed by atoms with Gasteiger partial charge in [-0.3, -0.25) is 4.72 Å². The van der Waals surface area contributed by atoms with Crippen LogP contribution >= 0.6 is 11.3 Å². The molecule has 9 heteroatoms. The molecule has 0 aliphatic rings. The summed E-state index contributed by atoms with van der Waals surface area (Å²) in [4.78, 5) is 18.3. The summed E-state index contributed by atoms with van der Waals surface area (Å²) in [5, 5.41) is 0.479. The molecule has 0 atom stereocenters. The van der Waals surface area contributed by atoms with Crippen molar-refractivity contribution in [3.05, 3.63) is 35.3 Å². The van der Waals surface area contributed by atoms with Crippen LogP contribution in [0.2, 0.25) is 0 Å². The number of thiazole rings is 1. The summed E-state index contributed by atoms with van der Waals surface area (Å²) in [6.07, 6.45) is 1.72. The number of carbonyl (C=O) groups excluding carboxylic acids is 1. The number of thiol groups is 1. The van der Waals surface area contributed by atoms with E-state index in [1.807, 2.05) is 13.8 Å². The lowest BCUT2D eigenvalue weighted by Gasteiger charge is -2.17. The molecule has 1 aromatic carbocycles. The molecular weight excluding hydrogens is 324 g/mol. The molecule has 1 heterocycles. The van der Waals surface area contributed by atoms with E-state index < -0.39 is 16.9 Å². The van der Waals surface area contributed by atoms with E-state index in [0.717, 1.165) is 4.88 Å². The van der Waals surface area contributed by atoms with E-state index in [1.165, 1.54) is 16.2 Å². The lowest BCUT2D eigenvalue weighted by Crippen LogP contribution is -2.31. The first-order chi connectivity index (χ1) is 10.4. The van der Waals surface area contributed by atoms with Crippen molar-refractivity contribution >= 4 is 44.8 Å². The molecule has 0 aliphatic heterocycles. The van der Waals surface area contributed by atoms with E-state index in [-0.39, 0.29) is 0 Å². The van der Waals surface area contributed by atoms with Gasteiger partial charge in [-0.2, -0.15) is 0 Å². The van der Waals surface area contributed by atoms with Crippen molar-refractivity contribution in [2.75, 3.05) is 9.62 Å². The zero-order chi connectivity index (χ0) is 16.3. The molecule has 2 amide bonds. The molecule has 0 radical (unpaired) electrons. The van der Waals surface area contributed by atoms with Gasteiger partial charge in [-0.05, 0) is 30.2 Å². The third kappa shape index (κ3) is 3.74. The van der Waals surface area contributed by atoms with E-state index >= 15 is 0 Å². The second kappa shape index (κ2) is 6.75. The Hall–Kier alpha value is -2.13. The number of urea groups is 1. The first-order valence-electron chi connectivity index (χ1n) is 6.45. The maximum atomic E-state index is 11.7.